The minimum absolute atomic E-state index is 0.108. The summed E-state index contributed by atoms with van der Waals surface area (Å²) in [7, 11) is -1.74. The van der Waals surface area contributed by atoms with Crippen LogP contribution in [0.25, 0.3) is 11.1 Å². The number of hydrogen-bond donors (Lipinski definition) is 0. The molecule has 3 aromatic carbocycles. The minimum atomic E-state index is -1.74. The Kier molecular flexibility index (Phi) is 10.1. The maximum absolute atomic E-state index is 11.4. The Bertz CT molecular complexity index is 1470. The van der Waals surface area contributed by atoms with E-state index in [2.05, 4.69) is 122 Å². The average Bonchev–Trinajstić information content (AvgIpc) is 3.41. The molecule has 0 unspecified atom stereocenters. The summed E-state index contributed by atoms with van der Waals surface area (Å²) in [6, 6.07) is 22.6. The molecule has 0 radical (unpaired) electrons. The second kappa shape index (κ2) is 13.2. The second-order valence-corrected chi connectivity index (χ2v) is 17.4. The lowest BCUT2D eigenvalue weighted by atomic mass is 9.69. The van der Waals surface area contributed by atoms with Gasteiger partial charge in [-0.25, -0.2) is 0 Å². The lowest BCUT2D eigenvalue weighted by molar-refractivity contribution is -0.136. The van der Waals surface area contributed by atoms with E-state index in [0.717, 1.165) is 37.0 Å². The molecule has 43 heavy (non-hydrogen) atoms. The Hall–Kier alpha value is -3.15. The summed E-state index contributed by atoms with van der Waals surface area (Å²) in [5.74, 6) is 1.18. The fourth-order valence-electron chi connectivity index (χ4n) is 6.71. The Labute approximate surface area is 260 Å². The highest BCUT2D eigenvalue weighted by molar-refractivity contribution is 6.69. The smallest absolute Gasteiger partial charge is 0.314 e. The largest absolute Gasteiger partial charge is 0.485 e. The van der Waals surface area contributed by atoms with Crippen molar-refractivity contribution in [1.29, 1.82) is 0 Å². The molecule has 0 bridgehead atoms. The third-order valence-electron chi connectivity index (χ3n) is 9.17. The van der Waals surface area contributed by atoms with Crippen LogP contribution in [0.3, 0.4) is 0 Å². The van der Waals surface area contributed by atoms with Gasteiger partial charge >= 0.3 is 5.97 Å². The number of hydrogen-bond acceptors (Lipinski definition) is 4. The van der Waals surface area contributed by atoms with Crippen LogP contribution in [0.1, 0.15) is 87.6 Å². The van der Waals surface area contributed by atoms with Gasteiger partial charge in [-0.3, -0.25) is 4.79 Å². The van der Waals surface area contributed by atoms with E-state index in [1.54, 1.807) is 6.08 Å². The highest BCUT2D eigenvalue weighted by Gasteiger charge is 2.35. The third-order valence-corrected chi connectivity index (χ3v) is 10.2. The first-order chi connectivity index (χ1) is 20.4. The summed E-state index contributed by atoms with van der Waals surface area (Å²) in [6.07, 6.45) is 6.01. The molecule has 1 aliphatic rings. The van der Waals surface area contributed by atoms with Crippen molar-refractivity contribution >= 4 is 14.3 Å². The van der Waals surface area contributed by atoms with Crippen LogP contribution in [0.2, 0.25) is 19.6 Å². The normalized spacial score (nSPS) is 14.1. The van der Waals surface area contributed by atoms with Crippen LogP contribution >= 0.6 is 0 Å². The van der Waals surface area contributed by atoms with Crippen molar-refractivity contribution in [3.05, 3.63) is 100 Å². The molecule has 0 fully saturated rings. The van der Waals surface area contributed by atoms with Gasteiger partial charge < -0.3 is 13.9 Å². The molecule has 0 N–H and O–H groups in total. The van der Waals surface area contributed by atoms with E-state index in [1.807, 2.05) is 0 Å². The summed E-state index contributed by atoms with van der Waals surface area (Å²) < 4.78 is 18.1. The van der Waals surface area contributed by atoms with Crippen molar-refractivity contribution in [3.63, 3.8) is 0 Å². The molecule has 0 aromatic heterocycles. The van der Waals surface area contributed by atoms with Crippen LogP contribution in [0, 0.1) is 13.8 Å². The molecule has 0 saturated carbocycles. The van der Waals surface area contributed by atoms with E-state index < -0.39 is 8.32 Å². The maximum Gasteiger partial charge on any atom is 0.314 e. The number of cyclic esters (lactones) is 1. The van der Waals surface area contributed by atoms with Crippen molar-refractivity contribution < 1.29 is 18.7 Å². The van der Waals surface area contributed by atoms with Crippen LogP contribution in [0.5, 0.6) is 5.75 Å². The van der Waals surface area contributed by atoms with Gasteiger partial charge in [-0.05, 0) is 116 Å². The zero-order valence-corrected chi connectivity index (χ0v) is 28.7. The van der Waals surface area contributed by atoms with Crippen molar-refractivity contribution in [2.24, 2.45) is 0 Å². The summed E-state index contributed by atoms with van der Waals surface area (Å²) in [5, 5.41) is 0. The maximum atomic E-state index is 11.4. The lowest BCUT2D eigenvalue weighted by Gasteiger charge is -2.39. The van der Waals surface area contributed by atoms with Crippen LogP contribution < -0.4 is 4.74 Å². The van der Waals surface area contributed by atoms with Gasteiger partial charge in [-0.2, -0.15) is 0 Å². The zero-order chi connectivity index (χ0) is 31.4. The zero-order valence-electron chi connectivity index (χ0n) is 27.7. The predicted molar refractivity (Wildman–Crippen MR) is 180 cm³/mol. The molecule has 4 rings (SSSR count). The molecule has 1 heterocycles. The number of carbonyl (C=O) groups excluding carboxylic acids is 1. The van der Waals surface area contributed by atoms with Crippen molar-refractivity contribution in [2.75, 3.05) is 6.61 Å². The Balaban J connectivity index is 1.65. The highest BCUT2D eigenvalue weighted by Crippen LogP contribution is 2.43. The number of carbonyl (C=O) groups is 1. The summed E-state index contributed by atoms with van der Waals surface area (Å²) in [4.78, 5) is 11.4. The van der Waals surface area contributed by atoms with Gasteiger partial charge in [0, 0.05) is 5.41 Å². The Morgan fingerprint density at radius 1 is 0.791 bits per heavy atom. The number of ether oxygens (including phenoxy) is 2. The van der Waals surface area contributed by atoms with Crippen molar-refractivity contribution in [3.8, 4) is 16.9 Å². The SMILES string of the molecule is CCC(CC)(O[Si](C)(C)C)c1cccc(-c2ccc(C(CC)(CC)c3ccc(OCC4=CCC(=O)O4)c(C)c3)cc2C)c1. The molecule has 4 nitrogen and oxygen atoms in total. The fraction of sp³-hybridized carbons (Fsp3) is 0.447. The molecule has 0 saturated heterocycles. The van der Waals surface area contributed by atoms with Crippen LogP contribution in [-0.4, -0.2) is 20.9 Å². The Morgan fingerprint density at radius 3 is 1.98 bits per heavy atom. The number of esters is 1. The summed E-state index contributed by atoms with van der Waals surface area (Å²) >= 11 is 0. The molecule has 0 aliphatic carbocycles. The van der Waals surface area contributed by atoms with Crippen molar-refractivity contribution in [1.82, 2.24) is 0 Å². The monoisotopic (exact) mass is 598 g/mol. The third kappa shape index (κ3) is 6.99. The fourth-order valence-corrected chi connectivity index (χ4v) is 8.29. The van der Waals surface area contributed by atoms with Gasteiger partial charge in [-0.15, -0.1) is 0 Å². The van der Waals surface area contributed by atoms with E-state index >= 15 is 0 Å². The molecule has 0 atom stereocenters. The summed E-state index contributed by atoms with van der Waals surface area (Å²) in [5.41, 5.74) is 8.41. The van der Waals surface area contributed by atoms with E-state index in [0.29, 0.717) is 12.2 Å². The molecular formula is C38H50O4Si. The molecule has 230 valence electrons. The molecule has 0 spiro atoms. The van der Waals surface area contributed by atoms with E-state index in [1.165, 1.54) is 33.4 Å². The van der Waals surface area contributed by atoms with Crippen LogP contribution in [-0.2, 0) is 25.0 Å². The van der Waals surface area contributed by atoms with E-state index in [4.69, 9.17) is 13.9 Å². The minimum Gasteiger partial charge on any atom is -0.485 e. The summed E-state index contributed by atoms with van der Waals surface area (Å²) in [6.45, 7) is 20.5. The first-order valence-electron chi connectivity index (χ1n) is 16.0. The first-order valence-corrected chi connectivity index (χ1v) is 19.4. The molecule has 3 aromatic rings. The van der Waals surface area contributed by atoms with E-state index in [-0.39, 0.29) is 23.6 Å². The lowest BCUT2D eigenvalue weighted by Crippen LogP contribution is -2.40. The van der Waals surface area contributed by atoms with Gasteiger partial charge in [0.05, 0.1) is 12.0 Å². The quantitative estimate of drug-likeness (QED) is 0.145. The van der Waals surface area contributed by atoms with E-state index in [9.17, 15) is 4.79 Å². The van der Waals surface area contributed by atoms with Crippen LogP contribution in [0.4, 0.5) is 0 Å². The standard InChI is InChI=1S/C38H50O4Si/c1-10-37(11-2,31-18-21-35(28(6)24-31)40-26-33-19-22-36(39)41-33)30-17-20-34(27(5)23-30)29-15-14-16-32(25-29)38(12-3,13-4)42-43(7,8)9/h14-21,23-25H,10-13,22,26H2,1-9H3. The molecule has 1 aliphatic heterocycles. The number of rotatable bonds is 13. The van der Waals surface area contributed by atoms with Crippen LogP contribution in [0.15, 0.2) is 72.5 Å². The predicted octanol–water partition coefficient (Wildman–Crippen LogP) is 10.2. The Morgan fingerprint density at radius 2 is 1.44 bits per heavy atom. The average molecular weight is 599 g/mol. The number of benzene rings is 3. The first kappa shape index (κ1) is 32.8. The molecule has 0 amide bonds. The molecule has 5 heteroatoms. The van der Waals surface area contributed by atoms with Gasteiger partial charge in [0.2, 0.25) is 0 Å². The topological polar surface area (TPSA) is 44.8 Å². The van der Waals surface area contributed by atoms with Gasteiger partial charge in [0.25, 0.3) is 0 Å². The van der Waals surface area contributed by atoms with Gasteiger partial charge in [0.15, 0.2) is 8.32 Å². The number of aryl methyl sites for hydroxylation is 2. The molecular weight excluding hydrogens is 549 g/mol. The van der Waals surface area contributed by atoms with Crippen molar-refractivity contribution in [2.45, 2.75) is 104 Å². The second-order valence-electron chi connectivity index (χ2n) is 12.9. The highest BCUT2D eigenvalue weighted by atomic mass is 28.4. The van der Waals surface area contributed by atoms with Gasteiger partial charge in [-0.1, -0.05) is 76.2 Å². The van der Waals surface area contributed by atoms with Gasteiger partial charge in [0.1, 0.15) is 18.1 Å².